The van der Waals surface area contributed by atoms with E-state index in [9.17, 15) is 9.59 Å². The van der Waals surface area contributed by atoms with Crippen molar-refractivity contribution in [3.05, 3.63) is 0 Å². The fourth-order valence-corrected chi connectivity index (χ4v) is 2.12. The van der Waals surface area contributed by atoms with Gasteiger partial charge in [-0.1, -0.05) is 6.92 Å². The molecule has 1 aliphatic heterocycles. The predicted molar refractivity (Wildman–Crippen MR) is 64.3 cm³/mol. The molecule has 0 radical (unpaired) electrons. The summed E-state index contributed by atoms with van der Waals surface area (Å²) in [5, 5.41) is 0. The van der Waals surface area contributed by atoms with Gasteiger partial charge in [-0.15, -0.1) is 0 Å². The smallest absolute Gasteiger partial charge is 0.410 e. The Morgan fingerprint density at radius 1 is 1.41 bits per heavy atom. The van der Waals surface area contributed by atoms with E-state index in [1.54, 1.807) is 4.90 Å². The summed E-state index contributed by atoms with van der Waals surface area (Å²) < 4.78 is 5.32. The van der Waals surface area contributed by atoms with E-state index in [4.69, 9.17) is 10.5 Å². The van der Waals surface area contributed by atoms with Crippen molar-refractivity contribution in [2.45, 2.75) is 52.2 Å². The SMILES string of the molecule is C[C@@H]1C[C@@H](CC(N)=O)N(C(=O)OC(C)(C)C)C1. The summed E-state index contributed by atoms with van der Waals surface area (Å²) in [7, 11) is 0. The molecule has 1 fully saturated rings. The lowest BCUT2D eigenvalue weighted by molar-refractivity contribution is -0.118. The Kier molecular flexibility index (Phi) is 4.01. The number of nitrogens with two attached hydrogens (primary N) is 1. The number of rotatable bonds is 2. The maximum Gasteiger partial charge on any atom is 0.410 e. The third kappa shape index (κ3) is 4.24. The molecule has 5 nitrogen and oxygen atoms in total. The number of hydrogen-bond acceptors (Lipinski definition) is 3. The zero-order valence-electron chi connectivity index (χ0n) is 11.0. The molecule has 98 valence electrons. The number of amides is 2. The standard InChI is InChI=1S/C12H22N2O3/c1-8-5-9(6-10(13)15)14(7-8)11(16)17-12(2,3)4/h8-9H,5-7H2,1-4H3,(H2,13,15)/t8-,9+/m1/s1. The number of hydrogen-bond donors (Lipinski definition) is 1. The average Bonchev–Trinajstić information content (AvgIpc) is 2.42. The Hall–Kier alpha value is -1.26. The minimum Gasteiger partial charge on any atom is -0.444 e. The van der Waals surface area contributed by atoms with Crippen LogP contribution in [-0.2, 0) is 9.53 Å². The van der Waals surface area contributed by atoms with Crippen molar-refractivity contribution < 1.29 is 14.3 Å². The molecule has 0 aromatic carbocycles. The molecule has 0 aromatic heterocycles. The second-order valence-electron chi connectivity index (χ2n) is 5.80. The number of likely N-dealkylation sites (tertiary alicyclic amines) is 1. The largest absolute Gasteiger partial charge is 0.444 e. The third-order valence-electron chi connectivity index (χ3n) is 2.69. The molecule has 1 aliphatic rings. The van der Waals surface area contributed by atoms with Crippen LogP contribution in [0.25, 0.3) is 0 Å². The van der Waals surface area contributed by atoms with Crippen LogP contribution in [0.5, 0.6) is 0 Å². The molecule has 2 amide bonds. The number of nitrogens with zero attached hydrogens (tertiary/aromatic N) is 1. The summed E-state index contributed by atoms with van der Waals surface area (Å²) in [6, 6.07) is -0.114. The molecule has 0 bridgehead atoms. The molecule has 5 heteroatoms. The molecule has 1 rings (SSSR count). The minimum atomic E-state index is -0.514. The Morgan fingerprint density at radius 2 is 2.00 bits per heavy atom. The van der Waals surface area contributed by atoms with Crippen molar-refractivity contribution in [3.63, 3.8) is 0 Å². The molecular weight excluding hydrogens is 220 g/mol. The highest BCUT2D eigenvalue weighted by molar-refractivity contribution is 5.76. The second kappa shape index (κ2) is 4.94. The normalized spacial score (nSPS) is 24.8. The van der Waals surface area contributed by atoms with E-state index in [0.29, 0.717) is 12.5 Å². The first-order chi connectivity index (χ1) is 7.69. The van der Waals surface area contributed by atoms with Crippen molar-refractivity contribution in [2.75, 3.05) is 6.54 Å². The van der Waals surface area contributed by atoms with Gasteiger partial charge in [0.1, 0.15) is 5.60 Å². The zero-order valence-corrected chi connectivity index (χ0v) is 11.0. The monoisotopic (exact) mass is 242 g/mol. The quantitative estimate of drug-likeness (QED) is 0.797. The predicted octanol–water partition coefficient (Wildman–Crippen LogP) is 1.51. The maximum atomic E-state index is 11.9. The topological polar surface area (TPSA) is 72.6 Å². The van der Waals surface area contributed by atoms with Gasteiger partial charge in [-0.3, -0.25) is 4.79 Å². The fraction of sp³-hybridized carbons (Fsp3) is 0.833. The fourth-order valence-electron chi connectivity index (χ4n) is 2.12. The van der Waals surface area contributed by atoms with Crippen LogP contribution < -0.4 is 5.73 Å². The van der Waals surface area contributed by atoms with Crippen LogP contribution in [0, 0.1) is 5.92 Å². The van der Waals surface area contributed by atoms with Crippen LogP contribution in [0.2, 0.25) is 0 Å². The summed E-state index contributed by atoms with van der Waals surface area (Å²) in [6.07, 6.45) is 0.666. The van der Waals surface area contributed by atoms with Crippen LogP contribution >= 0.6 is 0 Å². The van der Waals surface area contributed by atoms with Gasteiger partial charge in [-0.05, 0) is 33.1 Å². The molecule has 0 aromatic rings. The molecule has 17 heavy (non-hydrogen) atoms. The van der Waals surface area contributed by atoms with Crippen LogP contribution in [0.3, 0.4) is 0 Å². The van der Waals surface area contributed by atoms with Crippen LogP contribution in [0.4, 0.5) is 4.79 Å². The van der Waals surface area contributed by atoms with Gasteiger partial charge in [0.2, 0.25) is 5.91 Å². The minimum absolute atomic E-state index is 0.114. The number of primary amides is 1. The third-order valence-corrected chi connectivity index (χ3v) is 2.69. The van der Waals surface area contributed by atoms with E-state index in [1.807, 2.05) is 20.8 Å². The Bertz CT molecular complexity index is 309. The van der Waals surface area contributed by atoms with E-state index in [0.717, 1.165) is 6.42 Å². The summed E-state index contributed by atoms with van der Waals surface area (Å²) in [5.74, 6) is 0.00419. The lowest BCUT2D eigenvalue weighted by Crippen LogP contribution is -2.41. The van der Waals surface area contributed by atoms with Gasteiger partial charge in [0, 0.05) is 19.0 Å². The van der Waals surface area contributed by atoms with E-state index in [-0.39, 0.29) is 24.5 Å². The second-order valence-corrected chi connectivity index (χ2v) is 5.80. The summed E-state index contributed by atoms with van der Waals surface area (Å²) >= 11 is 0. The van der Waals surface area contributed by atoms with Crippen LogP contribution in [0.15, 0.2) is 0 Å². The Morgan fingerprint density at radius 3 is 2.47 bits per heavy atom. The van der Waals surface area contributed by atoms with Crippen LogP contribution in [-0.4, -0.2) is 35.1 Å². The first-order valence-corrected chi connectivity index (χ1v) is 5.97. The highest BCUT2D eigenvalue weighted by Gasteiger charge is 2.36. The van der Waals surface area contributed by atoms with Crippen LogP contribution in [0.1, 0.15) is 40.5 Å². The summed E-state index contributed by atoms with van der Waals surface area (Å²) in [4.78, 5) is 24.5. The van der Waals surface area contributed by atoms with E-state index in [1.165, 1.54) is 0 Å². The van der Waals surface area contributed by atoms with Gasteiger partial charge in [0.05, 0.1) is 0 Å². The van der Waals surface area contributed by atoms with Gasteiger partial charge >= 0.3 is 6.09 Å². The van der Waals surface area contributed by atoms with E-state index < -0.39 is 5.60 Å². The van der Waals surface area contributed by atoms with Gasteiger partial charge in [-0.25, -0.2) is 4.79 Å². The lowest BCUT2D eigenvalue weighted by Gasteiger charge is -2.28. The number of carbonyl (C=O) groups excluding carboxylic acids is 2. The molecule has 0 saturated carbocycles. The number of ether oxygens (including phenoxy) is 1. The average molecular weight is 242 g/mol. The molecule has 0 aliphatic carbocycles. The van der Waals surface area contributed by atoms with Gasteiger partial charge in [0.25, 0.3) is 0 Å². The van der Waals surface area contributed by atoms with E-state index >= 15 is 0 Å². The first-order valence-electron chi connectivity index (χ1n) is 5.97. The van der Waals surface area contributed by atoms with Crippen molar-refractivity contribution in [2.24, 2.45) is 11.7 Å². The lowest BCUT2D eigenvalue weighted by atomic mass is 10.1. The van der Waals surface area contributed by atoms with Crippen molar-refractivity contribution in [1.82, 2.24) is 4.90 Å². The number of carbonyl (C=O) groups is 2. The zero-order chi connectivity index (χ0) is 13.2. The van der Waals surface area contributed by atoms with Crippen molar-refractivity contribution in [1.29, 1.82) is 0 Å². The molecular formula is C12H22N2O3. The van der Waals surface area contributed by atoms with Gasteiger partial charge in [0.15, 0.2) is 0 Å². The Labute approximate surface area is 102 Å². The first kappa shape index (κ1) is 13.8. The Balaban J connectivity index is 2.66. The van der Waals surface area contributed by atoms with Gasteiger partial charge in [-0.2, -0.15) is 0 Å². The molecule has 1 saturated heterocycles. The van der Waals surface area contributed by atoms with Crippen molar-refractivity contribution >= 4 is 12.0 Å². The summed E-state index contributed by atoms with van der Waals surface area (Å²) in [5.41, 5.74) is 4.68. The molecule has 0 unspecified atom stereocenters. The maximum absolute atomic E-state index is 11.9. The van der Waals surface area contributed by atoms with Crippen molar-refractivity contribution in [3.8, 4) is 0 Å². The van der Waals surface area contributed by atoms with Gasteiger partial charge < -0.3 is 15.4 Å². The van der Waals surface area contributed by atoms with E-state index in [2.05, 4.69) is 6.92 Å². The molecule has 0 spiro atoms. The highest BCUT2D eigenvalue weighted by atomic mass is 16.6. The molecule has 2 atom stereocenters. The molecule has 2 N–H and O–H groups in total. The summed E-state index contributed by atoms with van der Waals surface area (Å²) in [6.45, 7) is 8.17. The molecule has 1 heterocycles. The highest BCUT2D eigenvalue weighted by Crippen LogP contribution is 2.26.